The Morgan fingerprint density at radius 2 is 1.78 bits per heavy atom. The summed E-state index contributed by atoms with van der Waals surface area (Å²) in [5.74, 6) is 0.888. The largest absolute Gasteiger partial charge is 0.312 e. The number of unbranched alkanes of at least 4 members (excludes halogenated alkanes) is 3. The number of nitrogens with one attached hydrogen (secondary N) is 1. The first-order chi connectivity index (χ1) is 8.63. The van der Waals surface area contributed by atoms with Crippen molar-refractivity contribution in [3.63, 3.8) is 0 Å². The molecule has 1 saturated heterocycles. The molecule has 0 bridgehead atoms. The molecule has 0 saturated carbocycles. The van der Waals surface area contributed by atoms with Gasteiger partial charge in [0.1, 0.15) is 0 Å². The lowest BCUT2D eigenvalue weighted by Gasteiger charge is -2.34. The fourth-order valence-electron chi connectivity index (χ4n) is 3.07. The van der Waals surface area contributed by atoms with Gasteiger partial charge >= 0.3 is 0 Å². The highest BCUT2D eigenvalue weighted by molar-refractivity contribution is 4.80. The van der Waals surface area contributed by atoms with E-state index in [1.807, 2.05) is 0 Å². The smallest absolute Gasteiger partial charge is 0.00704 e. The van der Waals surface area contributed by atoms with Crippen LogP contribution < -0.4 is 5.32 Å². The van der Waals surface area contributed by atoms with Gasteiger partial charge < -0.3 is 10.2 Å². The van der Waals surface area contributed by atoms with Gasteiger partial charge in [0.05, 0.1) is 0 Å². The summed E-state index contributed by atoms with van der Waals surface area (Å²) in [7, 11) is 2.24. The van der Waals surface area contributed by atoms with E-state index in [0.29, 0.717) is 12.1 Å². The third kappa shape index (κ3) is 6.19. The standard InChI is InChI=1S/C16H34N2/c1-5-6-7-8-9-14(2)17-15(3)16-10-12-18(4)13-11-16/h14-17H,5-13H2,1-4H3. The summed E-state index contributed by atoms with van der Waals surface area (Å²) in [6.07, 6.45) is 9.62. The van der Waals surface area contributed by atoms with Crippen LogP contribution in [-0.4, -0.2) is 37.1 Å². The molecule has 0 spiro atoms. The number of nitrogens with zero attached hydrogens (tertiary/aromatic N) is 1. The predicted octanol–water partition coefficient (Wildman–Crippen LogP) is 3.67. The van der Waals surface area contributed by atoms with E-state index in [1.165, 1.54) is 58.0 Å². The van der Waals surface area contributed by atoms with E-state index in [9.17, 15) is 0 Å². The van der Waals surface area contributed by atoms with Gasteiger partial charge in [-0.25, -0.2) is 0 Å². The van der Waals surface area contributed by atoms with E-state index < -0.39 is 0 Å². The first-order valence-electron chi connectivity index (χ1n) is 8.08. The Kier molecular flexibility index (Phi) is 7.92. The molecule has 2 heteroatoms. The van der Waals surface area contributed by atoms with E-state index in [2.05, 4.69) is 38.0 Å². The van der Waals surface area contributed by atoms with Gasteiger partial charge in [-0.05, 0) is 59.2 Å². The zero-order valence-corrected chi connectivity index (χ0v) is 13.0. The van der Waals surface area contributed by atoms with Crippen LogP contribution >= 0.6 is 0 Å². The highest BCUT2D eigenvalue weighted by atomic mass is 15.1. The SMILES string of the molecule is CCCCCCC(C)NC(C)C1CCN(C)CC1. The molecule has 2 nitrogen and oxygen atoms in total. The van der Waals surface area contributed by atoms with Gasteiger partial charge in [0.2, 0.25) is 0 Å². The van der Waals surface area contributed by atoms with Crippen LogP contribution in [0.2, 0.25) is 0 Å². The third-order valence-corrected chi connectivity index (χ3v) is 4.51. The van der Waals surface area contributed by atoms with E-state index >= 15 is 0 Å². The lowest BCUT2D eigenvalue weighted by atomic mass is 9.90. The van der Waals surface area contributed by atoms with Gasteiger partial charge in [0, 0.05) is 12.1 Å². The van der Waals surface area contributed by atoms with Gasteiger partial charge in [-0.1, -0.05) is 32.6 Å². The molecule has 2 unspecified atom stereocenters. The molecule has 108 valence electrons. The Morgan fingerprint density at radius 3 is 2.39 bits per heavy atom. The maximum atomic E-state index is 3.82. The van der Waals surface area contributed by atoms with Crippen LogP contribution in [0.1, 0.15) is 65.7 Å². The molecule has 18 heavy (non-hydrogen) atoms. The summed E-state index contributed by atoms with van der Waals surface area (Å²) in [6.45, 7) is 9.59. The van der Waals surface area contributed by atoms with Crippen molar-refractivity contribution in [1.82, 2.24) is 10.2 Å². The third-order valence-electron chi connectivity index (χ3n) is 4.51. The van der Waals surface area contributed by atoms with Crippen molar-refractivity contribution >= 4 is 0 Å². The molecule has 1 aliphatic heterocycles. The van der Waals surface area contributed by atoms with Crippen molar-refractivity contribution < 1.29 is 0 Å². The molecule has 1 rings (SSSR count). The van der Waals surface area contributed by atoms with Crippen LogP contribution in [0.3, 0.4) is 0 Å². The lowest BCUT2D eigenvalue weighted by molar-refractivity contribution is 0.184. The van der Waals surface area contributed by atoms with Crippen LogP contribution in [0.5, 0.6) is 0 Å². The van der Waals surface area contributed by atoms with E-state index in [0.717, 1.165) is 5.92 Å². The molecular formula is C16H34N2. The number of piperidine rings is 1. The van der Waals surface area contributed by atoms with Crippen molar-refractivity contribution in [2.45, 2.75) is 77.8 Å². The topological polar surface area (TPSA) is 15.3 Å². The molecule has 1 fully saturated rings. The highest BCUT2D eigenvalue weighted by Crippen LogP contribution is 2.20. The Hall–Kier alpha value is -0.0800. The fraction of sp³-hybridized carbons (Fsp3) is 1.00. The summed E-state index contributed by atoms with van der Waals surface area (Å²) < 4.78 is 0. The Labute approximate surface area is 115 Å². The van der Waals surface area contributed by atoms with Gasteiger partial charge in [-0.15, -0.1) is 0 Å². The minimum atomic E-state index is 0.691. The van der Waals surface area contributed by atoms with Crippen LogP contribution in [-0.2, 0) is 0 Å². The van der Waals surface area contributed by atoms with Crippen molar-refractivity contribution in [3.8, 4) is 0 Å². The first kappa shape index (κ1) is 16.0. The average Bonchev–Trinajstić information content (AvgIpc) is 2.35. The normalized spacial score (nSPS) is 22.0. The van der Waals surface area contributed by atoms with Gasteiger partial charge in [-0.3, -0.25) is 0 Å². The lowest BCUT2D eigenvalue weighted by Crippen LogP contribution is -2.43. The molecule has 0 aliphatic carbocycles. The first-order valence-corrected chi connectivity index (χ1v) is 8.08. The Morgan fingerprint density at radius 1 is 1.11 bits per heavy atom. The molecule has 0 radical (unpaired) electrons. The Balaban J connectivity index is 2.12. The van der Waals surface area contributed by atoms with Gasteiger partial charge in [0.25, 0.3) is 0 Å². The number of likely N-dealkylation sites (tertiary alicyclic amines) is 1. The molecule has 1 heterocycles. The van der Waals surface area contributed by atoms with Gasteiger partial charge in [-0.2, -0.15) is 0 Å². The van der Waals surface area contributed by atoms with Crippen molar-refractivity contribution in [2.24, 2.45) is 5.92 Å². The molecule has 2 atom stereocenters. The van der Waals surface area contributed by atoms with E-state index in [-0.39, 0.29) is 0 Å². The monoisotopic (exact) mass is 254 g/mol. The maximum Gasteiger partial charge on any atom is 0.00704 e. The zero-order valence-electron chi connectivity index (χ0n) is 13.0. The van der Waals surface area contributed by atoms with E-state index in [4.69, 9.17) is 0 Å². The fourth-order valence-corrected chi connectivity index (χ4v) is 3.07. The highest BCUT2D eigenvalue weighted by Gasteiger charge is 2.22. The van der Waals surface area contributed by atoms with E-state index in [1.54, 1.807) is 0 Å². The van der Waals surface area contributed by atoms with Gasteiger partial charge in [0.15, 0.2) is 0 Å². The van der Waals surface area contributed by atoms with Crippen molar-refractivity contribution in [3.05, 3.63) is 0 Å². The molecular weight excluding hydrogens is 220 g/mol. The maximum absolute atomic E-state index is 3.82. The van der Waals surface area contributed by atoms with Crippen LogP contribution in [0.4, 0.5) is 0 Å². The second-order valence-electron chi connectivity index (χ2n) is 6.35. The minimum Gasteiger partial charge on any atom is -0.312 e. The minimum absolute atomic E-state index is 0.691. The zero-order chi connectivity index (χ0) is 13.4. The summed E-state index contributed by atoms with van der Waals surface area (Å²) in [5.41, 5.74) is 0. The Bertz CT molecular complexity index is 197. The predicted molar refractivity (Wildman–Crippen MR) is 81.0 cm³/mol. The second-order valence-corrected chi connectivity index (χ2v) is 6.35. The number of hydrogen-bond acceptors (Lipinski definition) is 2. The van der Waals surface area contributed by atoms with Crippen molar-refractivity contribution in [2.75, 3.05) is 20.1 Å². The summed E-state index contributed by atoms with van der Waals surface area (Å²) in [5, 5.41) is 3.82. The summed E-state index contributed by atoms with van der Waals surface area (Å²) in [4.78, 5) is 2.46. The molecule has 1 aliphatic rings. The van der Waals surface area contributed by atoms with Crippen LogP contribution in [0, 0.1) is 5.92 Å². The molecule has 0 aromatic rings. The average molecular weight is 254 g/mol. The van der Waals surface area contributed by atoms with Crippen molar-refractivity contribution in [1.29, 1.82) is 0 Å². The quantitative estimate of drug-likeness (QED) is 0.665. The second kappa shape index (κ2) is 8.92. The van der Waals surface area contributed by atoms with Crippen LogP contribution in [0.15, 0.2) is 0 Å². The summed E-state index contributed by atoms with van der Waals surface area (Å²) >= 11 is 0. The molecule has 1 N–H and O–H groups in total. The number of rotatable bonds is 8. The summed E-state index contributed by atoms with van der Waals surface area (Å²) in [6, 6.07) is 1.39. The molecule has 0 amide bonds. The number of hydrogen-bond donors (Lipinski definition) is 1. The molecule has 0 aromatic heterocycles. The van der Waals surface area contributed by atoms with Crippen LogP contribution in [0.25, 0.3) is 0 Å². The molecule has 0 aromatic carbocycles.